The lowest BCUT2D eigenvalue weighted by Crippen LogP contribution is -2.31. The number of nitrogen functional groups attached to an aromatic ring is 1. The zero-order valence-corrected chi connectivity index (χ0v) is 16.8. The van der Waals surface area contributed by atoms with E-state index in [4.69, 9.17) is 20.9 Å². The fourth-order valence-corrected chi connectivity index (χ4v) is 2.15. The van der Waals surface area contributed by atoms with Crippen LogP contribution in [0.15, 0.2) is 46.6 Å². The molecule has 2 amide bonds. The zero-order valence-electron chi connectivity index (χ0n) is 16.8. The van der Waals surface area contributed by atoms with E-state index in [1.807, 2.05) is 13.8 Å². The van der Waals surface area contributed by atoms with Crippen molar-refractivity contribution >= 4 is 35.0 Å². The van der Waals surface area contributed by atoms with Crippen molar-refractivity contribution < 1.29 is 19.1 Å². The highest BCUT2D eigenvalue weighted by atomic mass is 16.7. The van der Waals surface area contributed by atoms with E-state index in [0.717, 1.165) is 0 Å². The maximum atomic E-state index is 11.6. The van der Waals surface area contributed by atoms with Gasteiger partial charge < -0.3 is 31.6 Å². The Hall–Kier alpha value is -3.73. The van der Waals surface area contributed by atoms with Crippen LogP contribution in [0.25, 0.3) is 0 Å². The molecule has 0 bridgehead atoms. The summed E-state index contributed by atoms with van der Waals surface area (Å²) in [5.74, 6) is 0.506. The number of carbonyl (C=O) groups is 2. The fourth-order valence-electron chi connectivity index (χ4n) is 2.15. The number of nitrogens with two attached hydrogens (primary N) is 2. The van der Waals surface area contributed by atoms with Crippen LogP contribution in [0.3, 0.4) is 0 Å². The second kappa shape index (κ2) is 11.3. The Morgan fingerprint density at radius 1 is 1.13 bits per heavy atom. The lowest BCUT2D eigenvalue weighted by molar-refractivity contribution is -0.116. The lowest BCUT2D eigenvalue weighted by atomic mass is 10.3. The smallest absolute Gasteiger partial charge is 0.410 e. The third-order valence-corrected chi connectivity index (χ3v) is 3.48. The summed E-state index contributed by atoms with van der Waals surface area (Å²) in [6.45, 7) is 3.59. The van der Waals surface area contributed by atoms with E-state index in [2.05, 4.69) is 25.8 Å². The van der Waals surface area contributed by atoms with Crippen molar-refractivity contribution in [1.82, 2.24) is 10.3 Å². The van der Waals surface area contributed by atoms with Crippen LogP contribution < -0.4 is 26.8 Å². The van der Waals surface area contributed by atoms with E-state index >= 15 is 0 Å². The number of rotatable bonds is 9. The second-order valence-corrected chi connectivity index (χ2v) is 6.35. The van der Waals surface area contributed by atoms with Crippen LogP contribution in [0.2, 0.25) is 0 Å². The zero-order chi connectivity index (χ0) is 21.9. The first-order valence-electron chi connectivity index (χ1n) is 9.22. The molecule has 6 N–H and O–H groups in total. The Morgan fingerprint density at radius 2 is 1.87 bits per heavy atom. The van der Waals surface area contributed by atoms with Crippen LogP contribution >= 0.6 is 0 Å². The van der Waals surface area contributed by atoms with Gasteiger partial charge in [-0.3, -0.25) is 4.79 Å². The van der Waals surface area contributed by atoms with E-state index in [9.17, 15) is 9.59 Å². The van der Waals surface area contributed by atoms with Gasteiger partial charge in [-0.05, 0) is 38.1 Å². The Balaban J connectivity index is 2.02. The lowest BCUT2D eigenvalue weighted by Gasteiger charge is -2.11. The molecule has 2 rings (SSSR count). The highest BCUT2D eigenvalue weighted by Gasteiger charge is 2.08. The maximum Gasteiger partial charge on any atom is 0.410 e. The summed E-state index contributed by atoms with van der Waals surface area (Å²) >= 11 is 0. The molecular weight excluding hydrogens is 390 g/mol. The number of aromatic nitrogens is 1. The number of amides is 2. The van der Waals surface area contributed by atoms with Crippen molar-refractivity contribution in [3.05, 3.63) is 36.4 Å². The van der Waals surface area contributed by atoms with E-state index in [-0.39, 0.29) is 37.5 Å². The normalized spacial score (nSPS) is 10.8. The fraction of sp³-hybridized carbons (Fsp3) is 0.316. The summed E-state index contributed by atoms with van der Waals surface area (Å²) in [5, 5.41) is 13.4. The Morgan fingerprint density at radius 3 is 2.57 bits per heavy atom. The van der Waals surface area contributed by atoms with Gasteiger partial charge in [0.2, 0.25) is 12.7 Å². The van der Waals surface area contributed by atoms with Gasteiger partial charge in [-0.15, -0.1) is 10.2 Å². The number of pyridine rings is 1. The molecule has 1 heterocycles. The number of hydrogen-bond acceptors (Lipinski definition) is 9. The molecule has 160 valence electrons. The van der Waals surface area contributed by atoms with Crippen molar-refractivity contribution in [2.75, 3.05) is 24.4 Å². The molecule has 11 nitrogen and oxygen atoms in total. The Labute approximate surface area is 173 Å². The molecule has 1 aromatic heterocycles. The van der Waals surface area contributed by atoms with Gasteiger partial charge in [0.25, 0.3) is 0 Å². The predicted molar refractivity (Wildman–Crippen MR) is 112 cm³/mol. The summed E-state index contributed by atoms with van der Waals surface area (Å²) < 4.78 is 10.4. The predicted octanol–water partition coefficient (Wildman–Crippen LogP) is 2.84. The molecule has 0 aliphatic heterocycles. The molecule has 1 aromatic carbocycles. The Bertz CT molecular complexity index is 902. The number of para-hydroxylation sites is 1. The second-order valence-electron chi connectivity index (χ2n) is 6.35. The van der Waals surface area contributed by atoms with Crippen molar-refractivity contribution in [2.45, 2.75) is 26.3 Å². The number of nitrogens with zero attached hydrogens (tertiary/aromatic N) is 3. The summed E-state index contributed by atoms with van der Waals surface area (Å²) in [7, 11) is 0. The molecule has 11 heteroatoms. The van der Waals surface area contributed by atoms with Gasteiger partial charge >= 0.3 is 6.09 Å². The van der Waals surface area contributed by atoms with E-state index < -0.39 is 6.09 Å². The monoisotopic (exact) mass is 415 g/mol. The van der Waals surface area contributed by atoms with Gasteiger partial charge in [0, 0.05) is 19.0 Å². The largest absolute Gasteiger partial charge is 0.455 e. The Kier molecular flexibility index (Phi) is 8.51. The van der Waals surface area contributed by atoms with E-state index in [1.165, 1.54) is 0 Å². The van der Waals surface area contributed by atoms with Crippen molar-refractivity contribution in [1.29, 1.82) is 0 Å². The minimum atomic E-state index is -0.582. The SMILES string of the molecule is CC(C)NC(=O)OCOc1ccccc1/N=N/c1ccc(NC(=O)CCN)nc1N. The van der Waals surface area contributed by atoms with Crippen molar-refractivity contribution in [3.8, 4) is 5.75 Å². The van der Waals surface area contributed by atoms with Gasteiger partial charge in [0.15, 0.2) is 11.6 Å². The standard InChI is InChI=1S/C19H25N7O4/c1-12(2)22-19(28)30-11-29-15-6-4-3-5-13(15)25-26-14-7-8-16(24-18(14)21)23-17(27)9-10-20/h3-8,12H,9-11,20H2,1-2H3,(H,22,28)(H3,21,23,24,27)/b26-25+. The number of anilines is 2. The highest BCUT2D eigenvalue weighted by molar-refractivity contribution is 5.90. The first-order valence-corrected chi connectivity index (χ1v) is 9.22. The highest BCUT2D eigenvalue weighted by Crippen LogP contribution is 2.30. The molecule has 30 heavy (non-hydrogen) atoms. The minimum Gasteiger partial charge on any atom is -0.455 e. The van der Waals surface area contributed by atoms with Crippen LogP contribution in [0.1, 0.15) is 20.3 Å². The molecule has 0 radical (unpaired) electrons. The number of ether oxygens (including phenoxy) is 2. The average molecular weight is 415 g/mol. The topological polar surface area (TPSA) is 166 Å². The average Bonchev–Trinajstić information content (AvgIpc) is 2.68. The summed E-state index contributed by atoms with van der Waals surface area (Å²) in [6.07, 6.45) is -0.399. The first-order chi connectivity index (χ1) is 14.4. The van der Waals surface area contributed by atoms with Crippen LogP contribution in [-0.4, -0.2) is 36.4 Å². The number of carbonyl (C=O) groups excluding carboxylic acids is 2. The number of alkyl carbamates (subject to hydrolysis) is 1. The quantitative estimate of drug-likeness (QED) is 0.361. The molecule has 2 aromatic rings. The van der Waals surface area contributed by atoms with Gasteiger partial charge in [0.05, 0.1) is 0 Å². The van der Waals surface area contributed by atoms with Crippen molar-refractivity contribution in [2.24, 2.45) is 16.0 Å². The number of azo groups is 1. The van der Waals surface area contributed by atoms with Crippen LogP contribution in [0.5, 0.6) is 5.75 Å². The third-order valence-electron chi connectivity index (χ3n) is 3.48. The molecule has 0 aliphatic carbocycles. The van der Waals surface area contributed by atoms with Gasteiger partial charge in [0.1, 0.15) is 17.2 Å². The van der Waals surface area contributed by atoms with Gasteiger partial charge in [-0.1, -0.05) is 12.1 Å². The van der Waals surface area contributed by atoms with Crippen LogP contribution in [0, 0.1) is 0 Å². The van der Waals surface area contributed by atoms with Crippen LogP contribution in [-0.2, 0) is 9.53 Å². The van der Waals surface area contributed by atoms with E-state index in [1.54, 1.807) is 36.4 Å². The summed E-state index contributed by atoms with van der Waals surface area (Å²) in [4.78, 5) is 27.2. The summed E-state index contributed by atoms with van der Waals surface area (Å²) in [6, 6.07) is 9.93. The number of benzene rings is 1. The molecule has 0 atom stereocenters. The maximum absolute atomic E-state index is 11.6. The van der Waals surface area contributed by atoms with Crippen molar-refractivity contribution in [3.63, 3.8) is 0 Å². The molecule has 0 saturated carbocycles. The molecular formula is C19H25N7O4. The van der Waals surface area contributed by atoms with Crippen LogP contribution in [0.4, 0.5) is 27.8 Å². The molecule has 0 unspecified atom stereocenters. The molecule has 0 aliphatic rings. The number of hydrogen-bond donors (Lipinski definition) is 4. The van der Waals surface area contributed by atoms with Gasteiger partial charge in [-0.25, -0.2) is 9.78 Å². The van der Waals surface area contributed by atoms with Gasteiger partial charge in [-0.2, -0.15) is 0 Å². The third kappa shape index (κ3) is 7.36. The summed E-state index contributed by atoms with van der Waals surface area (Å²) in [5.41, 5.74) is 11.9. The number of nitrogens with one attached hydrogen (secondary N) is 2. The molecule has 0 saturated heterocycles. The molecule has 0 spiro atoms. The van der Waals surface area contributed by atoms with E-state index in [0.29, 0.717) is 22.9 Å². The first kappa shape index (κ1) is 22.6. The molecule has 0 fully saturated rings. The minimum absolute atomic E-state index is 0.0435.